The van der Waals surface area contributed by atoms with Crippen molar-refractivity contribution in [2.75, 3.05) is 54.1 Å². The Hall–Kier alpha value is -2.69. The third-order valence-corrected chi connectivity index (χ3v) is 6.02. The van der Waals surface area contributed by atoms with Gasteiger partial charge in [0.05, 0.1) is 33.4 Å². The summed E-state index contributed by atoms with van der Waals surface area (Å²) in [5.41, 5.74) is -0.0894. The minimum absolute atomic E-state index is 0.0851. The molecule has 1 unspecified atom stereocenters. The first-order chi connectivity index (χ1) is 15.2. The summed E-state index contributed by atoms with van der Waals surface area (Å²) in [6.07, 6.45) is 0. The van der Waals surface area contributed by atoms with Gasteiger partial charge in [-0.05, 0) is 31.5 Å². The van der Waals surface area contributed by atoms with Crippen molar-refractivity contribution in [2.45, 2.75) is 31.5 Å². The maximum absolute atomic E-state index is 12.3. The molecule has 1 aliphatic heterocycles. The van der Waals surface area contributed by atoms with E-state index in [2.05, 4.69) is 5.32 Å². The van der Waals surface area contributed by atoms with E-state index in [9.17, 15) is 19.5 Å². The Morgan fingerprint density at radius 1 is 0.938 bits per heavy atom. The maximum atomic E-state index is 12.3. The van der Waals surface area contributed by atoms with Gasteiger partial charge in [0.1, 0.15) is 17.8 Å². The van der Waals surface area contributed by atoms with Crippen molar-refractivity contribution in [2.24, 2.45) is 0 Å². The van der Waals surface area contributed by atoms with Crippen LogP contribution in [0.3, 0.4) is 0 Å². The summed E-state index contributed by atoms with van der Waals surface area (Å²) in [6, 6.07) is 5.53. The van der Waals surface area contributed by atoms with Crippen LogP contribution in [0.5, 0.6) is 5.75 Å². The molecule has 0 amide bonds. The molecule has 1 fully saturated rings. The van der Waals surface area contributed by atoms with Gasteiger partial charge in [0.25, 0.3) is 0 Å². The molecule has 0 spiro atoms. The van der Waals surface area contributed by atoms with E-state index in [1.54, 1.807) is 38.1 Å². The molecule has 2 rings (SSSR count). The van der Waals surface area contributed by atoms with Crippen LogP contribution in [0.25, 0.3) is 0 Å². The minimum Gasteiger partial charge on any atom is -0.508 e. The van der Waals surface area contributed by atoms with Crippen molar-refractivity contribution in [1.29, 1.82) is 0 Å². The number of methoxy groups -OCH3 is 3. The summed E-state index contributed by atoms with van der Waals surface area (Å²) in [6.45, 7) is 5.08. The van der Waals surface area contributed by atoms with Crippen molar-refractivity contribution < 1.29 is 33.7 Å². The van der Waals surface area contributed by atoms with Crippen molar-refractivity contribution in [3.05, 3.63) is 29.8 Å². The molecule has 2 N–H and O–H groups in total. The van der Waals surface area contributed by atoms with E-state index in [-0.39, 0.29) is 24.2 Å². The molecule has 0 aliphatic carbocycles. The van der Waals surface area contributed by atoms with Gasteiger partial charge >= 0.3 is 17.9 Å². The molecule has 3 atom stereocenters. The molecule has 0 saturated carbocycles. The Morgan fingerprint density at radius 3 is 1.81 bits per heavy atom. The zero-order chi connectivity index (χ0) is 23.9. The number of ether oxygens (including phenoxy) is 3. The first-order valence-electron chi connectivity index (χ1n) is 10.4. The Kier molecular flexibility index (Phi) is 8.99. The van der Waals surface area contributed by atoms with E-state index in [1.807, 2.05) is 9.80 Å². The van der Waals surface area contributed by atoms with Crippen molar-refractivity contribution in [3.8, 4) is 5.75 Å². The molecule has 1 aromatic rings. The topological polar surface area (TPSA) is 118 Å². The van der Waals surface area contributed by atoms with E-state index in [0.717, 1.165) is 5.56 Å². The van der Waals surface area contributed by atoms with Crippen LogP contribution in [-0.2, 0) is 34.1 Å². The van der Waals surface area contributed by atoms with Crippen LogP contribution in [0.1, 0.15) is 19.4 Å². The molecule has 1 aromatic carbocycles. The minimum atomic E-state index is -0.872. The highest BCUT2D eigenvalue weighted by molar-refractivity contribution is 5.76. The van der Waals surface area contributed by atoms with Crippen LogP contribution in [0.15, 0.2) is 24.3 Å². The number of phenolic OH excluding ortho intramolecular Hbond substituents is 1. The SMILES string of the molecule is COC(=O)CNC1(c2ccc(O)cc2)CN([C@H](C)C(=O)OC)CCN([C@@H](C)C(=O)OC)C1. The second-order valence-electron chi connectivity index (χ2n) is 7.90. The van der Waals surface area contributed by atoms with Gasteiger partial charge in [0.15, 0.2) is 0 Å². The third-order valence-electron chi connectivity index (χ3n) is 6.02. The van der Waals surface area contributed by atoms with Gasteiger partial charge in [-0.3, -0.25) is 29.5 Å². The average Bonchev–Trinajstić information content (AvgIpc) is 3.01. The van der Waals surface area contributed by atoms with Crippen LogP contribution in [0, 0.1) is 0 Å². The molecular weight excluding hydrogens is 418 g/mol. The van der Waals surface area contributed by atoms with Gasteiger partial charge in [-0.1, -0.05) is 12.1 Å². The average molecular weight is 452 g/mol. The van der Waals surface area contributed by atoms with Gasteiger partial charge in [-0.25, -0.2) is 0 Å². The maximum Gasteiger partial charge on any atom is 0.322 e. The van der Waals surface area contributed by atoms with Crippen LogP contribution >= 0.6 is 0 Å². The van der Waals surface area contributed by atoms with Gasteiger partial charge in [-0.15, -0.1) is 0 Å². The number of esters is 3. The molecule has 0 radical (unpaired) electrons. The Bertz CT molecular complexity index is 767. The first-order valence-corrected chi connectivity index (χ1v) is 10.4. The summed E-state index contributed by atoms with van der Waals surface area (Å²) in [5.74, 6) is -1.11. The van der Waals surface area contributed by atoms with Gasteiger partial charge in [-0.2, -0.15) is 0 Å². The number of carbonyl (C=O) groups is 3. The zero-order valence-corrected chi connectivity index (χ0v) is 19.3. The lowest BCUT2D eigenvalue weighted by molar-refractivity contribution is -0.147. The lowest BCUT2D eigenvalue weighted by Crippen LogP contribution is -2.58. The molecule has 1 aliphatic rings. The van der Waals surface area contributed by atoms with Gasteiger partial charge < -0.3 is 19.3 Å². The molecule has 1 heterocycles. The number of aromatic hydroxyl groups is 1. The summed E-state index contributed by atoms with van der Waals surface area (Å²) >= 11 is 0. The van der Waals surface area contributed by atoms with E-state index in [1.165, 1.54) is 21.3 Å². The number of carbonyl (C=O) groups excluding carboxylic acids is 3. The van der Waals surface area contributed by atoms with Crippen LogP contribution in [0.2, 0.25) is 0 Å². The highest BCUT2D eigenvalue weighted by Crippen LogP contribution is 2.30. The number of nitrogens with zero attached hydrogens (tertiary/aromatic N) is 2. The fourth-order valence-electron chi connectivity index (χ4n) is 3.95. The molecule has 0 aromatic heterocycles. The number of rotatable bonds is 8. The van der Waals surface area contributed by atoms with Crippen molar-refractivity contribution >= 4 is 17.9 Å². The van der Waals surface area contributed by atoms with Crippen molar-refractivity contribution in [1.82, 2.24) is 15.1 Å². The number of phenols is 1. The molecular formula is C22H33N3O7. The largest absolute Gasteiger partial charge is 0.508 e. The summed E-state index contributed by atoms with van der Waals surface area (Å²) in [5, 5.41) is 13.1. The highest BCUT2D eigenvalue weighted by Gasteiger charge is 2.43. The molecule has 10 heteroatoms. The van der Waals surface area contributed by atoms with E-state index in [4.69, 9.17) is 14.2 Å². The number of nitrogens with one attached hydrogen (secondary N) is 1. The fraction of sp³-hybridized carbons (Fsp3) is 0.591. The Labute approximate surface area is 188 Å². The lowest BCUT2D eigenvalue weighted by Gasteiger charge is -2.40. The van der Waals surface area contributed by atoms with Crippen LogP contribution < -0.4 is 5.32 Å². The predicted molar refractivity (Wildman–Crippen MR) is 116 cm³/mol. The molecule has 1 saturated heterocycles. The van der Waals surface area contributed by atoms with Gasteiger partial charge in [0, 0.05) is 26.2 Å². The summed E-state index contributed by atoms with van der Waals surface area (Å²) in [4.78, 5) is 40.5. The number of hydrogen-bond donors (Lipinski definition) is 2. The Morgan fingerprint density at radius 2 is 1.41 bits per heavy atom. The number of hydrogen-bond acceptors (Lipinski definition) is 10. The smallest absolute Gasteiger partial charge is 0.322 e. The third kappa shape index (κ3) is 5.96. The lowest BCUT2D eigenvalue weighted by atomic mass is 9.87. The fourth-order valence-corrected chi connectivity index (χ4v) is 3.95. The molecule has 32 heavy (non-hydrogen) atoms. The summed E-state index contributed by atoms with van der Waals surface area (Å²) < 4.78 is 14.7. The number of benzene rings is 1. The van der Waals surface area contributed by atoms with Crippen LogP contribution in [0.4, 0.5) is 0 Å². The molecule has 178 valence electrons. The normalized spacial score (nSPS) is 21.8. The first kappa shape index (κ1) is 25.6. The van der Waals surface area contributed by atoms with E-state index < -0.39 is 23.6 Å². The van der Waals surface area contributed by atoms with Gasteiger partial charge in [0.2, 0.25) is 0 Å². The van der Waals surface area contributed by atoms with E-state index in [0.29, 0.717) is 26.2 Å². The van der Waals surface area contributed by atoms with E-state index >= 15 is 0 Å². The second kappa shape index (κ2) is 11.3. The molecule has 10 nitrogen and oxygen atoms in total. The zero-order valence-electron chi connectivity index (χ0n) is 19.3. The predicted octanol–water partition coefficient (Wildman–Crippen LogP) is 0.0907. The quantitative estimate of drug-likeness (QED) is 0.416. The second-order valence-corrected chi connectivity index (χ2v) is 7.90. The monoisotopic (exact) mass is 451 g/mol. The summed E-state index contributed by atoms with van der Waals surface area (Å²) in [7, 11) is 3.98. The molecule has 0 bridgehead atoms. The highest BCUT2D eigenvalue weighted by atomic mass is 16.5. The Balaban J connectivity index is 2.54. The standard InChI is InChI=1S/C22H33N3O7/c1-15(20(28)31-4)24-10-11-25(16(2)21(29)32-5)14-22(13-24,23-12-19(27)30-3)17-6-8-18(26)9-7-17/h6-9,15-16,23,26H,10-14H2,1-5H3/t15-,16+,22?. The van der Waals surface area contributed by atoms with Crippen molar-refractivity contribution in [3.63, 3.8) is 0 Å². The van der Waals surface area contributed by atoms with Crippen LogP contribution in [-0.4, -0.2) is 99.0 Å².